The Morgan fingerprint density at radius 3 is 2.62 bits per heavy atom. The number of hydrogen-bond acceptors (Lipinski definition) is 7. The van der Waals surface area contributed by atoms with Crippen LogP contribution < -0.4 is 4.90 Å². The minimum atomic E-state index is -1.06. The van der Waals surface area contributed by atoms with Crippen LogP contribution in [0.3, 0.4) is 0 Å². The number of nitrogens with zero attached hydrogens (tertiary/aromatic N) is 2. The standard InChI is InChI=1S/C29H31BN2O7/c1-3-19-14-23-27(29(35)31(28(23)34)20-5-4-6-21(15-20)32(37)38)24-16-30(36)39-25(26(19)24)12-7-17(2)13-18-8-10-22(33)11-9-18/h4-6,8-11,13,15,23-25,27,33,36H,3,7,12,14,16H2,1-2H3/b17-13+/t23-,24+,25-,27-/m1/s1. The van der Waals surface area contributed by atoms with Crippen LogP contribution in [0.4, 0.5) is 11.4 Å². The Balaban J connectivity index is 1.41. The van der Waals surface area contributed by atoms with E-state index in [0.29, 0.717) is 25.7 Å². The number of anilines is 1. The van der Waals surface area contributed by atoms with E-state index in [-0.39, 0.29) is 47.3 Å². The summed E-state index contributed by atoms with van der Waals surface area (Å²) in [6.07, 6.45) is 4.33. The van der Waals surface area contributed by atoms with Gasteiger partial charge in [-0.05, 0) is 74.2 Å². The van der Waals surface area contributed by atoms with Crippen LogP contribution >= 0.6 is 0 Å². The number of carbonyl (C=O) groups is 2. The molecule has 0 saturated carbocycles. The zero-order valence-corrected chi connectivity index (χ0v) is 21.9. The number of carbonyl (C=O) groups excluding carboxylic acids is 2. The zero-order valence-electron chi connectivity index (χ0n) is 21.9. The molecule has 2 aliphatic heterocycles. The van der Waals surface area contributed by atoms with Crippen molar-refractivity contribution in [2.24, 2.45) is 17.8 Å². The van der Waals surface area contributed by atoms with Gasteiger partial charge in [-0.2, -0.15) is 0 Å². The Bertz CT molecular complexity index is 1370. The maximum Gasteiger partial charge on any atom is 0.455 e. The normalized spacial score (nSPS) is 25.2. The van der Waals surface area contributed by atoms with Crippen LogP contribution in [0.1, 0.15) is 45.1 Å². The number of rotatable bonds is 7. The molecule has 4 atom stereocenters. The van der Waals surface area contributed by atoms with Gasteiger partial charge in [0.1, 0.15) is 5.75 Å². The number of imide groups is 1. The maximum absolute atomic E-state index is 13.8. The second-order valence-electron chi connectivity index (χ2n) is 10.6. The monoisotopic (exact) mass is 530 g/mol. The number of aromatic hydroxyl groups is 1. The van der Waals surface area contributed by atoms with E-state index in [1.54, 1.807) is 18.2 Å². The van der Waals surface area contributed by atoms with Gasteiger partial charge in [-0.1, -0.05) is 42.3 Å². The van der Waals surface area contributed by atoms with Gasteiger partial charge in [0, 0.05) is 12.1 Å². The van der Waals surface area contributed by atoms with Crippen molar-refractivity contribution in [3.8, 4) is 5.75 Å². The lowest BCUT2D eigenvalue weighted by Gasteiger charge is -2.43. The number of allylic oxidation sites excluding steroid dienone is 2. The van der Waals surface area contributed by atoms with E-state index in [1.807, 2.05) is 32.1 Å². The zero-order chi connectivity index (χ0) is 27.8. The molecule has 5 rings (SSSR count). The van der Waals surface area contributed by atoms with Crippen molar-refractivity contribution in [2.45, 2.75) is 52.0 Å². The number of amides is 2. The third-order valence-corrected chi connectivity index (χ3v) is 8.14. The van der Waals surface area contributed by atoms with Gasteiger partial charge in [0.15, 0.2) is 0 Å². The molecular weight excluding hydrogens is 499 g/mol. The van der Waals surface area contributed by atoms with Gasteiger partial charge in [-0.3, -0.25) is 19.7 Å². The minimum absolute atomic E-state index is 0.187. The molecule has 2 fully saturated rings. The van der Waals surface area contributed by atoms with Gasteiger partial charge >= 0.3 is 7.12 Å². The fourth-order valence-electron chi connectivity index (χ4n) is 6.39. The number of fused-ring (bicyclic) bond motifs is 3. The highest BCUT2D eigenvalue weighted by Crippen LogP contribution is 2.52. The Labute approximate surface area is 227 Å². The highest BCUT2D eigenvalue weighted by molar-refractivity contribution is 6.43. The van der Waals surface area contributed by atoms with Crippen molar-refractivity contribution in [2.75, 3.05) is 4.90 Å². The van der Waals surface area contributed by atoms with Gasteiger partial charge in [0.05, 0.1) is 28.6 Å². The number of nitro benzene ring substituents is 1. The lowest BCUT2D eigenvalue weighted by atomic mass is 9.58. The number of benzene rings is 2. The van der Waals surface area contributed by atoms with E-state index in [4.69, 9.17) is 4.65 Å². The van der Waals surface area contributed by atoms with E-state index >= 15 is 0 Å². The molecule has 202 valence electrons. The molecule has 0 aromatic heterocycles. The molecule has 2 heterocycles. The molecule has 9 nitrogen and oxygen atoms in total. The van der Waals surface area contributed by atoms with E-state index in [1.165, 1.54) is 18.2 Å². The van der Waals surface area contributed by atoms with Crippen molar-refractivity contribution < 1.29 is 29.3 Å². The number of hydrogen-bond donors (Lipinski definition) is 2. The number of phenolic OH excluding ortho intramolecular Hbond substituents is 1. The molecule has 2 saturated heterocycles. The molecule has 2 aromatic carbocycles. The fourth-order valence-corrected chi connectivity index (χ4v) is 6.39. The van der Waals surface area contributed by atoms with Gasteiger partial charge < -0.3 is 14.8 Å². The van der Waals surface area contributed by atoms with Gasteiger partial charge in [-0.25, -0.2) is 4.90 Å². The Kier molecular flexibility index (Phi) is 7.42. The van der Waals surface area contributed by atoms with Crippen LogP contribution in [0.25, 0.3) is 6.08 Å². The van der Waals surface area contributed by atoms with Crippen molar-refractivity contribution in [1.82, 2.24) is 0 Å². The van der Waals surface area contributed by atoms with Gasteiger partial charge in [0.2, 0.25) is 11.8 Å². The third-order valence-electron chi connectivity index (χ3n) is 8.14. The fraction of sp³-hybridized carbons (Fsp3) is 0.379. The minimum Gasteiger partial charge on any atom is -0.508 e. The van der Waals surface area contributed by atoms with Crippen molar-refractivity contribution >= 4 is 36.4 Å². The van der Waals surface area contributed by atoms with Crippen LogP contribution in [0.5, 0.6) is 5.75 Å². The van der Waals surface area contributed by atoms with Crippen LogP contribution in [0, 0.1) is 27.9 Å². The maximum atomic E-state index is 13.8. The summed E-state index contributed by atoms with van der Waals surface area (Å²) < 4.78 is 6.02. The lowest BCUT2D eigenvalue weighted by molar-refractivity contribution is -0.384. The van der Waals surface area contributed by atoms with Crippen LogP contribution in [0.2, 0.25) is 6.32 Å². The summed E-state index contributed by atoms with van der Waals surface area (Å²) in [4.78, 5) is 39.1. The highest BCUT2D eigenvalue weighted by Gasteiger charge is 2.57. The lowest BCUT2D eigenvalue weighted by Crippen LogP contribution is -2.46. The van der Waals surface area contributed by atoms with Crippen LogP contribution in [0.15, 0.2) is 65.3 Å². The van der Waals surface area contributed by atoms with E-state index in [9.17, 15) is 29.8 Å². The van der Waals surface area contributed by atoms with E-state index in [0.717, 1.165) is 27.2 Å². The summed E-state index contributed by atoms with van der Waals surface area (Å²) >= 11 is 0. The topological polar surface area (TPSA) is 130 Å². The molecule has 0 bridgehead atoms. The first kappa shape index (κ1) is 26.8. The molecule has 39 heavy (non-hydrogen) atoms. The van der Waals surface area contributed by atoms with Crippen molar-refractivity contribution in [3.05, 3.63) is 80.9 Å². The molecule has 0 spiro atoms. The second kappa shape index (κ2) is 10.8. The molecule has 1 aliphatic carbocycles. The van der Waals surface area contributed by atoms with Crippen LogP contribution in [-0.2, 0) is 14.2 Å². The smallest absolute Gasteiger partial charge is 0.455 e. The van der Waals surface area contributed by atoms with Gasteiger partial charge in [-0.15, -0.1) is 0 Å². The number of non-ortho nitro benzene ring substituents is 1. The van der Waals surface area contributed by atoms with Crippen molar-refractivity contribution in [1.29, 1.82) is 0 Å². The van der Waals surface area contributed by atoms with E-state index in [2.05, 4.69) is 0 Å². The summed E-state index contributed by atoms with van der Waals surface area (Å²) in [5.74, 6) is -2.06. The van der Waals surface area contributed by atoms with Crippen molar-refractivity contribution in [3.63, 3.8) is 0 Å². The molecule has 0 unspecified atom stereocenters. The molecule has 2 aromatic rings. The molecule has 2 N–H and O–H groups in total. The molecular formula is C29H31BN2O7. The molecule has 3 aliphatic rings. The molecule has 0 radical (unpaired) electrons. The SMILES string of the molecule is CCC1=C2[C@@H](CC/C(C)=C/c3ccc(O)cc3)OB(O)C[C@@H]2[C@@H]2C(=O)N(c3cccc([N+](=O)[O-])c3)C(=O)[C@@H]2C1. The quantitative estimate of drug-likeness (QED) is 0.171. The number of phenols is 1. The predicted molar refractivity (Wildman–Crippen MR) is 147 cm³/mol. The van der Waals surface area contributed by atoms with Crippen LogP contribution in [-0.4, -0.2) is 40.1 Å². The van der Waals surface area contributed by atoms with E-state index < -0.39 is 23.9 Å². The average molecular weight is 530 g/mol. The summed E-state index contributed by atoms with van der Waals surface area (Å²) in [5, 5.41) is 31.5. The number of nitro groups is 1. The summed E-state index contributed by atoms with van der Waals surface area (Å²) in [6, 6.07) is 12.5. The largest absolute Gasteiger partial charge is 0.508 e. The molecule has 2 amide bonds. The molecule has 10 heteroatoms. The summed E-state index contributed by atoms with van der Waals surface area (Å²) in [5.41, 5.74) is 4.19. The Morgan fingerprint density at radius 1 is 1.18 bits per heavy atom. The Morgan fingerprint density at radius 2 is 1.92 bits per heavy atom. The first-order valence-corrected chi connectivity index (χ1v) is 13.3. The Hall–Kier alpha value is -3.76. The predicted octanol–water partition coefficient (Wildman–Crippen LogP) is 4.90. The first-order chi connectivity index (χ1) is 18.7. The third kappa shape index (κ3) is 5.14. The van der Waals surface area contributed by atoms with Gasteiger partial charge in [0.25, 0.3) is 5.69 Å². The first-order valence-electron chi connectivity index (χ1n) is 13.3. The highest BCUT2D eigenvalue weighted by atomic mass is 16.6. The summed E-state index contributed by atoms with van der Waals surface area (Å²) in [7, 11) is -1.06. The summed E-state index contributed by atoms with van der Waals surface area (Å²) in [6.45, 7) is 4.04. The second-order valence-corrected chi connectivity index (χ2v) is 10.6. The average Bonchev–Trinajstić information content (AvgIpc) is 3.17.